The van der Waals surface area contributed by atoms with E-state index in [0.717, 1.165) is 17.0 Å². The summed E-state index contributed by atoms with van der Waals surface area (Å²) in [4.78, 5) is 4.91. The minimum absolute atomic E-state index is 0.181. The monoisotopic (exact) mass is 293 g/mol. The second kappa shape index (κ2) is 5.53. The molecule has 2 aromatic carbocycles. The summed E-state index contributed by atoms with van der Waals surface area (Å²) in [6, 6.07) is 21.0. The molecule has 0 aliphatic heterocycles. The molecule has 1 unspecified atom stereocenters. The minimum atomic E-state index is -0.181. The quantitative estimate of drug-likeness (QED) is 0.686. The van der Waals surface area contributed by atoms with Crippen LogP contribution in [-0.2, 0) is 5.41 Å². The topological polar surface area (TPSA) is 12.9 Å². The molecule has 1 heterocycles. The molecular formula is C19H19NS. The summed E-state index contributed by atoms with van der Waals surface area (Å²) in [5.41, 5.74) is 4.47. The molecule has 0 fully saturated rings. The molecule has 0 aliphatic carbocycles. The van der Waals surface area contributed by atoms with Crippen LogP contribution in [0.5, 0.6) is 0 Å². The number of nitrogens with zero attached hydrogens (tertiary/aromatic N) is 1. The third-order valence-corrected chi connectivity index (χ3v) is 4.85. The van der Waals surface area contributed by atoms with Crippen LogP contribution in [0.4, 0.5) is 0 Å². The molecule has 1 aromatic heterocycles. The van der Waals surface area contributed by atoms with E-state index in [0.29, 0.717) is 0 Å². The first-order chi connectivity index (χ1) is 10.1. The smallest absolute Gasteiger partial charge is 0.0708 e. The van der Waals surface area contributed by atoms with Crippen molar-refractivity contribution in [1.29, 1.82) is 0 Å². The predicted molar refractivity (Wildman–Crippen MR) is 93.2 cm³/mol. The van der Waals surface area contributed by atoms with Crippen molar-refractivity contribution in [2.24, 2.45) is 0 Å². The van der Waals surface area contributed by atoms with Gasteiger partial charge in [0.25, 0.3) is 0 Å². The molecule has 0 N–H and O–H groups in total. The van der Waals surface area contributed by atoms with Crippen LogP contribution in [0.15, 0.2) is 60.7 Å². The van der Waals surface area contributed by atoms with Crippen molar-refractivity contribution in [3.05, 3.63) is 77.5 Å². The minimum Gasteiger partial charge on any atom is -0.252 e. The van der Waals surface area contributed by atoms with E-state index < -0.39 is 0 Å². The average Bonchev–Trinajstić information content (AvgIpc) is 2.55. The lowest BCUT2D eigenvalue weighted by Crippen LogP contribution is -2.27. The third-order valence-electron chi connectivity index (χ3n) is 4.22. The zero-order valence-corrected chi connectivity index (χ0v) is 13.3. The van der Waals surface area contributed by atoms with Gasteiger partial charge in [0, 0.05) is 16.6 Å². The highest BCUT2D eigenvalue weighted by Gasteiger charge is 2.29. The number of hydrogen-bond donors (Lipinski definition) is 1. The summed E-state index contributed by atoms with van der Waals surface area (Å²) in [5.74, 6) is 0.724. The third kappa shape index (κ3) is 2.44. The Morgan fingerprint density at radius 3 is 2.38 bits per heavy atom. The van der Waals surface area contributed by atoms with Gasteiger partial charge in [-0.1, -0.05) is 48.5 Å². The fourth-order valence-corrected chi connectivity index (χ4v) is 3.10. The zero-order chi connectivity index (χ0) is 14.9. The van der Waals surface area contributed by atoms with Crippen LogP contribution in [0, 0.1) is 6.92 Å². The molecule has 0 saturated carbocycles. The van der Waals surface area contributed by atoms with Crippen molar-refractivity contribution in [1.82, 2.24) is 4.98 Å². The van der Waals surface area contributed by atoms with Crippen LogP contribution < -0.4 is 0 Å². The molecule has 106 valence electrons. The Morgan fingerprint density at radius 2 is 1.67 bits per heavy atom. The molecule has 21 heavy (non-hydrogen) atoms. The van der Waals surface area contributed by atoms with Crippen molar-refractivity contribution < 1.29 is 0 Å². The lowest BCUT2D eigenvalue weighted by molar-refractivity contribution is 0.632. The number of thiol groups is 1. The number of para-hydroxylation sites is 1. The summed E-state index contributed by atoms with van der Waals surface area (Å²) >= 11 is 4.61. The summed E-state index contributed by atoms with van der Waals surface area (Å²) < 4.78 is 0. The van der Waals surface area contributed by atoms with Crippen LogP contribution >= 0.6 is 12.6 Å². The Labute approximate surface area is 131 Å². The normalized spacial score (nSPS) is 14.0. The number of aromatic nitrogens is 1. The number of hydrogen-bond acceptors (Lipinski definition) is 2. The van der Waals surface area contributed by atoms with Gasteiger partial charge in [-0.3, -0.25) is 4.98 Å². The second-order valence-corrected chi connectivity index (χ2v) is 6.01. The number of fused-ring (bicyclic) bond motifs is 1. The highest BCUT2D eigenvalue weighted by molar-refractivity contribution is 7.80. The van der Waals surface area contributed by atoms with Crippen LogP contribution in [0.25, 0.3) is 10.9 Å². The Bertz CT molecular complexity index is 767. The summed E-state index contributed by atoms with van der Waals surface area (Å²) in [6.45, 7) is 4.36. The SMILES string of the molecule is Cc1cc(C(C)(CS)c2ccccc2)nc2ccccc12. The molecule has 0 spiro atoms. The van der Waals surface area contributed by atoms with E-state index in [1.807, 2.05) is 12.1 Å². The van der Waals surface area contributed by atoms with Gasteiger partial charge in [-0.2, -0.15) is 12.6 Å². The molecule has 3 rings (SSSR count). The van der Waals surface area contributed by atoms with Gasteiger partial charge in [-0.25, -0.2) is 0 Å². The van der Waals surface area contributed by atoms with E-state index in [9.17, 15) is 0 Å². The van der Waals surface area contributed by atoms with Gasteiger partial charge in [0.05, 0.1) is 11.2 Å². The van der Waals surface area contributed by atoms with Crippen LogP contribution in [-0.4, -0.2) is 10.7 Å². The van der Waals surface area contributed by atoms with Gasteiger partial charge in [0.15, 0.2) is 0 Å². The first-order valence-electron chi connectivity index (χ1n) is 7.18. The van der Waals surface area contributed by atoms with Gasteiger partial charge in [0.1, 0.15) is 0 Å². The standard InChI is InChI=1S/C19H19NS/c1-14-12-18(20-17-11-7-6-10-16(14)17)19(2,13-21)15-8-4-3-5-9-15/h3-12,21H,13H2,1-2H3. The molecular weight excluding hydrogens is 274 g/mol. The molecule has 2 heteroatoms. The maximum atomic E-state index is 4.91. The number of pyridine rings is 1. The fraction of sp³-hybridized carbons (Fsp3) is 0.211. The Morgan fingerprint density at radius 1 is 1.00 bits per heavy atom. The van der Waals surface area contributed by atoms with E-state index in [2.05, 4.69) is 75.0 Å². The molecule has 0 radical (unpaired) electrons. The van der Waals surface area contributed by atoms with Gasteiger partial charge >= 0.3 is 0 Å². The molecule has 0 aliphatic rings. The highest BCUT2D eigenvalue weighted by Crippen LogP contribution is 2.33. The fourth-order valence-electron chi connectivity index (χ4n) is 2.76. The van der Waals surface area contributed by atoms with Crippen molar-refractivity contribution in [2.45, 2.75) is 19.3 Å². The molecule has 0 bridgehead atoms. The van der Waals surface area contributed by atoms with Crippen LogP contribution in [0.2, 0.25) is 0 Å². The van der Waals surface area contributed by atoms with E-state index in [1.165, 1.54) is 16.5 Å². The number of benzene rings is 2. The Kier molecular flexibility index (Phi) is 3.73. The van der Waals surface area contributed by atoms with Gasteiger partial charge in [-0.05, 0) is 37.1 Å². The van der Waals surface area contributed by atoms with Crippen molar-refractivity contribution in [2.75, 3.05) is 5.75 Å². The van der Waals surface area contributed by atoms with Crippen molar-refractivity contribution in [3.8, 4) is 0 Å². The Hall–Kier alpha value is -1.80. The summed E-state index contributed by atoms with van der Waals surface area (Å²) in [6.07, 6.45) is 0. The first kappa shape index (κ1) is 14.2. The molecule has 0 amide bonds. The molecule has 3 aromatic rings. The lowest BCUT2D eigenvalue weighted by Gasteiger charge is -2.28. The van der Waals surface area contributed by atoms with Gasteiger partial charge in [0.2, 0.25) is 0 Å². The van der Waals surface area contributed by atoms with Crippen LogP contribution in [0.3, 0.4) is 0 Å². The summed E-state index contributed by atoms with van der Waals surface area (Å²) in [7, 11) is 0. The lowest BCUT2D eigenvalue weighted by atomic mass is 9.80. The van der Waals surface area contributed by atoms with E-state index in [1.54, 1.807) is 0 Å². The largest absolute Gasteiger partial charge is 0.252 e. The maximum Gasteiger partial charge on any atom is 0.0708 e. The van der Waals surface area contributed by atoms with Crippen molar-refractivity contribution in [3.63, 3.8) is 0 Å². The van der Waals surface area contributed by atoms with Crippen LogP contribution in [0.1, 0.15) is 23.7 Å². The number of aryl methyl sites for hydroxylation is 1. The van der Waals surface area contributed by atoms with Crippen molar-refractivity contribution >= 4 is 23.5 Å². The van der Waals surface area contributed by atoms with Gasteiger partial charge < -0.3 is 0 Å². The van der Waals surface area contributed by atoms with E-state index in [-0.39, 0.29) is 5.41 Å². The van der Waals surface area contributed by atoms with E-state index in [4.69, 9.17) is 4.98 Å². The number of rotatable bonds is 3. The maximum absolute atomic E-state index is 4.91. The average molecular weight is 293 g/mol. The molecule has 0 saturated heterocycles. The van der Waals surface area contributed by atoms with Gasteiger partial charge in [-0.15, -0.1) is 0 Å². The molecule has 1 atom stereocenters. The zero-order valence-electron chi connectivity index (χ0n) is 12.4. The predicted octanol–water partition coefficient (Wildman–Crippen LogP) is 4.78. The summed E-state index contributed by atoms with van der Waals surface area (Å²) in [5, 5.41) is 1.22. The molecule has 1 nitrogen and oxygen atoms in total. The first-order valence-corrected chi connectivity index (χ1v) is 7.81. The highest BCUT2D eigenvalue weighted by atomic mass is 32.1. The second-order valence-electron chi connectivity index (χ2n) is 5.70. The van der Waals surface area contributed by atoms with E-state index >= 15 is 0 Å². The Balaban J connectivity index is 2.22.